The summed E-state index contributed by atoms with van der Waals surface area (Å²) >= 11 is 0. The highest BCUT2D eigenvalue weighted by atomic mass is 16.5. The molecule has 5 heterocycles. The van der Waals surface area contributed by atoms with Crippen LogP contribution in [0.4, 0.5) is 11.6 Å². The van der Waals surface area contributed by atoms with Gasteiger partial charge in [0.05, 0.1) is 24.5 Å². The van der Waals surface area contributed by atoms with Gasteiger partial charge in [-0.1, -0.05) is 13.8 Å². The maximum Gasteiger partial charge on any atom is 0.247 e. The van der Waals surface area contributed by atoms with Crippen LogP contribution in [-0.2, 0) is 9.53 Å². The van der Waals surface area contributed by atoms with Crippen molar-refractivity contribution in [1.29, 1.82) is 0 Å². The number of aromatic nitrogens is 6. The van der Waals surface area contributed by atoms with Gasteiger partial charge in [0.15, 0.2) is 17.1 Å². The van der Waals surface area contributed by atoms with E-state index in [1.807, 2.05) is 17.0 Å². The summed E-state index contributed by atoms with van der Waals surface area (Å²) in [6, 6.07) is 11.1. The van der Waals surface area contributed by atoms with Gasteiger partial charge in [0.25, 0.3) is 0 Å². The van der Waals surface area contributed by atoms with Crippen LogP contribution in [0.25, 0.3) is 28.3 Å². The van der Waals surface area contributed by atoms with E-state index >= 15 is 0 Å². The molecule has 220 valence electrons. The number of piperazine rings is 1. The first-order valence-corrected chi connectivity index (χ1v) is 14.1. The molecule has 1 amide bonds. The Morgan fingerprint density at radius 2 is 1.83 bits per heavy atom. The lowest BCUT2D eigenvalue weighted by Gasteiger charge is -2.38. The van der Waals surface area contributed by atoms with Gasteiger partial charge in [-0.2, -0.15) is 14.6 Å². The van der Waals surface area contributed by atoms with Gasteiger partial charge in [0.2, 0.25) is 17.7 Å². The summed E-state index contributed by atoms with van der Waals surface area (Å²) in [5.41, 5.74) is 8.42. The molecule has 0 spiro atoms. The first kappa shape index (κ1) is 27.5. The summed E-state index contributed by atoms with van der Waals surface area (Å²) < 4.78 is 19.4. The number of methoxy groups -OCH3 is 1. The van der Waals surface area contributed by atoms with Crippen molar-refractivity contribution in [1.82, 2.24) is 34.3 Å². The molecular formula is C29H35N9O4. The monoisotopic (exact) mass is 573 g/mol. The number of nitrogens with two attached hydrogens (primary N) is 1. The molecule has 13 nitrogen and oxygen atoms in total. The zero-order valence-electron chi connectivity index (χ0n) is 24.0. The van der Waals surface area contributed by atoms with Crippen LogP contribution in [-0.4, -0.2) is 86.7 Å². The van der Waals surface area contributed by atoms with Crippen LogP contribution in [0.2, 0.25) is 0 Å². The molecule has 6 rings (SSSR count). The number of carbonyl (C=O) groups is 1. The molecule has 0 bridgehead atoms. The molecule has 42 heavy (non-hydrogen) atoms. The largest absolute Gasteiger partial charge is 0.491 e. The van der Waals surface area contributed by atoms with Gasteiger partial charge in [-0.15, -0.1) is 5.10 Å². The maximum atomic E-state index is 14.0. The Morgan fingerprint density at radius 3 is 2.52 bits per heavy atom. The number of rotatable bonds is 10. The lowest BCUT2D eigenvalue weighted by molar-refractivity contribution is -0.135. The average molecular weight is 574 g/mol. The number of amides is 1. The first-order valence-electron chi connectivity index (χ1n) is 14.1. The number of benzene rings is 1. The van der Waals surface area contributed by atoms with E-state index in [9.17, 15) is 4.79 Å². The fourth-order valence-corrected chi connectivity index (χ4v) is 5.31. The van der Waals surface area contributed by atoms with E-state index in [0.29, 0.717) is 61.0 Å². The number of ether oxygens (including phenoxy) is 2. The fraction of sp³-hybridized carbons (Fsp3) is 0.414. The van der Waals surface area contributed by atoms with Crippen molar-refractivity contribution >= 4 is 34.2 Å². The minimum Gasteiger partial charge on any atom is -0.491 e. The van der Waals surface area contributed by atoms with Crippen LogP contribution in [0.5, 0.6) is 5.75 Å². The van der Waals surface area contributed by atoms with Gasteiger partial charge in [-0.05, 0) is 48.7 Å². The molecule has 0 radical (unpaired) electrons. The topological polar surface area (TPSA) is 142 Å². The number of furan rings is 1. The molecule has 1 aliphatic rings. The highest BCUT2D eigenvalue weighted by Gasteiger charge is 2.32. The standard InChI is InChI=1S/C29H35N9O4/c1-19(2)17-23(28(39)36-12-10-35(11-13-36)20-6-8-21(9-7-20)41-16-15-40-3)37-27-22(18-31-37)26-32-25(24-5-4-14-42-24)34-38(26)29(30)33-27/h4-9,14,18-19,23H,10-13,15-17H2,1-3H3,(H2,30,33). The van der Waals surface area contributed by atoms with Crippen LogP contribution in [0.15, 0.2) is 53.3 Å². The molecule has 5 aromatic rings. The average Bonchev–Trinajstić information content (AvgIpc) is 3.76. The van der Waals surface area contributed by atoms with Gasteiger partial charge in [0.1, 0.15) is 18.4 Å². The number of hydrogen-bond donors (Lipinski definition) is 1. The van der Waals surface area contributed by atoms with E-state index in [4.69, 9.17) is 19.6 Å². The van der Waals surface area contributed by atoms with Crippen LogP contribution in [0.1, 0.15) is 26.3 Å². The molecule has 1 unspecified atom stereocenters. The molecular weight excluding hydrogens is 538 g/mol. The van der Waals surface area contributed by atoms with Crippen molar-refractivity contribution in [2.24, 2.45) is 5.92 Å². The highest BCUT2D eigenvalue weighted by molar-refractivity contribution is 5.92. The fourth-order valence-electron chi connectivity index (χ4n) is 5.31. The summed E-state index contributed by atoms with van der Waals surface area (Å²) in [6.45, 7) is 7.92. The second kappa shape index (κ2) is 11.7. The van der Waals surface area contributed by atoms with Crippen molar-refractivity contribution < 1.29 is 18.7 Å². The van der Waals surface area contributed by atoms with Crippen molar-refractivity contribution in [3.05, 3.63) is 48.9 Å². The molecule has 1 fully saturated rings. The van der Waals surface area contributed by atoms with Crippen molar-refractivity contribution in [2.45, 2.75) is 26.3 Å². The molecule has 1 aromatic carbocycles. The van der Waals surface area contributed by atoms with Crippen molar-refractivity contribution in [3.8, 4) is 17.3 Å². The van der Waals surface area contributed by atoms with Crippen molar-refractivity contribution in [2.75, 3.05) is 57.1 Å². The highest BCUT2D eigenvalue weighted by Crippen LogP contribution is 2.29. The minimum absolute atomic E-state index is 0.0215. The van der Waals surface area contributed by atoms with Gasteiger partial charge in [-0.3, -0.25) is 4.79 Å². The molecule has 1 aliphatic heterocycles. The third kappa shape index (κ3) is 5.34. The zero-order chi connectivity index (χ0) is 29.2. The molecule has 0 saturated carbocycles. The Bertz CT molecular complexity index is 1650. The number of nitrogens with zero attached hydrogens (tertiary/aromatic N) is 8. The second-order valence-electron chi connectivity index (χ2n) is 10.7. The lowest BCUT2D eigenvalue weighted by Crippen LogP contribution is -2.51. The van der Waals surface area contributed by atoms with E-state index in [0.717, 1.165) is 24.5 Å². The predicted molar refractivity (Wildman–Crippen MR) is 157 cm³/mol. The second-order valence-corrected chi connectivity index (χ2v) is 10.7. The number of anilines is 2. The van der Waals surface area contributed by atoms with Crippen LogP contribution in [0, 0.1) is 5.92 Å². The summed E-state index contributed by atoms with van der Waals surface area (Å²) in [5.74, 6) is 2.16. The van der Waals surface area contributed by atoms with Gasteiger partial charge in [-0.25, -0.2) is 9.67 Å². The normalized spacial score (nSPS) is 14.8. The molecule has 2 N–H and O–H groups in total. The predicted octanol–water partition coefficient (Wildman–Crippen LogP) is 3.28. The van der Waals surface area contributed by atoms with Crippen molar-refractivity contribution in [3.63, 3.8) is 0 Å². The summed E-state index contributed by atoms with van der Waals surface area (Å²) in [4.78, 5) is 27.5. The number of nitrogen functional groups attached to an aromatic ring is 1. The van der Waals surface area contributed by atoms with Crippen LogP contribution < -0.4 is 15.4 Å². The summed E-state index contributed by atoms with van der Waals surface area (Å²) in [7, 11) is 1.65. The van der Waals surface area contributed by atoms with Gasteiger partial charge >= 0.3 is 0 Å². The minimum atomic E-state index is -0.528. The first-order chi connectivity index (χ1) is 20.4. The van der Waals surface area contributed by atoms with E-state index < -0.39 is 6.04 Å². The SMILES string of the molecule is COCCOc1ccc(N2CCN(C(=O)C(CC(C)C)n3ncc4c3nc(N)n3nc(-c5ccco5)nc43)CC2)cc1. The quantitative estimate of drug-likeness (QED) is 0.247. The Balaban J connectivity index is 1.21. The van der Waals surface area contributed by atoms with Gasteiger partial charge in [0, 0.05) is 39.0 Å². The van der Waals surface area contributed by atoms with Gasteiger partial charge < -0.3 is 29.4 Å². The Kier molecular flexibility index (Phi) is 7.66. The van der Waals surface area contributed by atoms with E-state index in [1.54, 1.807) is 36.4 Å². The zero-order valence-corrected chi connectivity index (χ0v) is 24.0. The Morgan fingerprint density at radius 1 is 1.05 bits per heavy atom. The third-order valence-electron chi connectivity index (χ3n) is 7.42. The summed E-state index contributed by atoms with van der Waals surface area (Å²) in [6.07, 6.45) is 3.85. The van der Waals surface area contributed by atoms with Crippen LogP contribution >= 0.6 is 0 Å². The Hall–Kier alpha value is -4.65. The molecule has 13 heteroatoms. The molecule has 1 atom stereocenters. The smallest absolute Gasteiger partial charge is 0.247 e. The molecule has 1 saturated heterocycles. The lowest BCUT2D eigenvalue weighted by atomic mass is 10.0. The number of carbonyl (C=O) groups excluding carboxylic acids is 1. The number of fused-ring (bicyclic) bond motifs is 3. The van der Waals surface area contributed by atoms with Crippen LogP contribution in [0.3, 0.4) is 0 Å². The third-order valence-corrected chi connectivity index (χ3v) is 7.42. The van der Waals surface area contributed by atoms with E-state index in [1.165, 1.54) is 4.52 Å². The molecule has 4 aromatic heterocycles. The number of hydrogen-bond acceptors (Lipinski definition) is 10. The Labute approximate surface area is 242 Å². The molecule has 0 aliphatic carbocycles. The van der Waals surface area contributed by atoms with E-state index in [2.05, 4.69) is 51.0 Å². The van der Waals surface area contributed by atoms with E-state index in [-0.39, 0.29) is 17.8 Å². The summed E-state index contributed by atoms with van der Waals surface area (Å²) in [5, 5.41) is 9.77. The maximum absolute atomic E-state index is 14.0.